The van der Waals surface area contributed by atoms with E-state index in [2.05, 4.69) is 16.0 Å². The van der Waals surface area contributed by atoms with E-state index >= 15 is 0 Å². The van der Waals surface area contributed by atoms with Crippen molar-refractivity contribution in [2.75, 3.05) is 50.8 Å². The highest BCUT2D eigenvalue weighted by atomic mass is 19.4. The van der Waals surface area contributed by atoms with Gasteiger partial charge in [-0.25, -0.2) is 9.59 Å². The summed E-state index contributed by atoms with van der Waals surface area (Å²) in [4.78, 5) is 51.6. The smallest absolute Gasteiger partial charge is 0.416 e. The Labute approximate surface area is 283 Å². The molecule has 1 aromatic heterocycles. The van der Waals surface area contributed by atoms with E-state index in [0.717, 1.165) is 22.6 Å². The number of halogens is 3. The van der Waals surface area contributed by atoms with Crippen molar-refractivity contribution in [3.05, 3.63) is 106 Å². The van der Waals surface area contributed by atoms with Crippen molar-refractivity contribution in [1.82, 2.24) is 19.7 Å². The minimum atomic E-state index is -4.65. The number of amides is 3. The number of hydrogen-bond acceptors (Lipinski definition) is 7. The zero-order chi connectivity index (χ0) is 35.3. The number of ether oxygens (including phenoxy) is 1. The Hall–Kier alpha value is -5.22. The molecule has 2 aliphatic rings. The van der Waals surface area contributed by atoms with E-state index in [4.69, 9.17) is 4.74 Å². The van der Waals surface area contributed by atoms with Gasteiger partial charge in [-0.2, -0.15) is 18.4 Å². The van der Waals surface area contributed by atoms with Crippen LogP contribution in [0.5, 0.6) is 0 Å². The van der Waals surface area contributed by atoms with Crippen LogP contribution >= 0.6 is 0 Å². The number of carbonyl (C=O) groups excluding carboxylic acids is 3. The van der Waals surface area contributed by atoms with Crippen molar-refractivity contribution in [1.29, 1.82) is 5.26 Å². The van der Waals surface area contributed by atoms with Crippen molar-refractivity contribution in [3.8, 4) is 6.07 Å². The summed E-state index contributed by atoms with van der Waals surface area (Å²) >= 11 is 0. The van der Waals surface area contributed by atoms with E-state index in [9.17, 15) is 32.8 Å². The molecule has 10 nitrogen and oxygen atoms in total. The first-order valence-corrected chi connectivity index (χ1v) is 16.0. The minimum absolute atomic E-state index is 0.0352. The topological polar surface area (TPSA) is 110 Å². The fourth-order valence-electron chi connectivity index (χ4n) is 6.26. The SMILES string of the molecule is CCOC(=O)C1=C(C)N(c2cccc(C(F)(F)F)c2)C(=O)N(CCCN2CCN(C(=O)c3cncc(C)c3)CC2)C1c1ccc(C#N)cc1. The van der Waals surface area contributed by atoms with Crippen LogP contribution in [0.25, 0.3) is 0 Å². The standard InChI is InChI=1S/C36H37F3N6O4/c1-4-49-34(47)31-25(3)45(30-8-5-7-29(20-30)36(37,38)39)35(48)44(32(31)27-11-9-26(21-40)10-12-27)14-6-13-42-15-17-43(18-16-42)33(46)28-19-24(2)22-41-23-28/h5,7-12,19-20,22-23,32H,4,6,13-18H2,1-3H3. The van der Waals surface area contributed by atoms with Crippen molar-refractivity contribution in [3.63, 3.8) is 0 Å². The van der Waals surface area contributed by atoms with E-state index in [1.165, 1.54) is 24.0 Å². The van der Waals surface area contributed by atoms with Crippen molar-refractivity contribution < 1.29 is 32.3 Å². The van der Waals surface area contributed by atoms with Crippen molar-refractivity contribution >= 4 is 23.6 Å². The van der Waals surface area contributed by atoms with Gasteiger partial charge in [0.15, 0.2) is 0 Å². The summed E-state index contributed by atoms with van der Waals surface area (Å²) in [5, 5.41) is 9.37. The number of anilines is 1. The molecule has 0 N–H and O–H groups in total. The lowest BCUT2D eigenvalue weighted by Gasteiger charge is -2.43. The molecule has 2 aliphatic heterocycles. The maximum Gasteiger partial charge on any atom is 0.416 e. The van der Waals surface area contributed by atoms with Gasteiger partial charge in [-0.05, 0) is 81.3 Å². The number of nitrogens with zero attached hydrogens (tertiary/aromatic N) is 6. The molecule has 0 bridgehead atoms. The van der Waals surface area contributed by atoms with Crippen LogP contribution in [0.4, 0.5) is 23.7 Å². The molecule has 3 aromatic rings. The molecule has 0 aliphatic carbocycles. The van der Waals surface area contributed by atoms with Gasteiger partial charge in [0.2, 0.25) is 0 Å². The van der Waals surface area contributed by atoms with Gasteiger partial charge in [-0.3, -0.25) is 19.6 Å². The Bertz CT molecular complexity index is 1780. The molecule has 5 rings (SSSR count). The monoisotopic (exact) mass is 674 g/mol. The fourth-order valence-corrected chi connectivity index (χ4v) is 6.26. The lowest BCUT2D eigenvalue weighted by Crippen LogP contribution is -2.52. The molecule has 13 heteroatoms. The summed E-state index contributed by atoms with van der Waals surface area (Å²) in [6.45, 7) is 8.07. The van der Waals surface area contributed by atoms with Crippen LogP contribution in [-0.2, 0) is 15.7 Å². The lowest BCUT2D eigenvalue weighted by atomic mass is 9.92. The van der Waals surface area contributed by atoms with Gasteiger partial charge in [0, 0.05) is 50.8 Å². The number of nitriles is 1. The highest BCUT2D eigenvalue weighted by Gasteiger charge is 2.43. The van der Waals surface area contributed by atoms with Crippen LogP contribution < -0.4 is 4.90 Å². The number of rotatable bonds is 9. The van der Waals surface area contributed by atoms with E-state index in [1.807, 2.05) is 13.0 Å². The van der Waals surface area contributed by atoms with Crippen molar-refractivity contribution in [2.45, 2.75) is 39.4 Å². The Kier molecular flexibility index (Phi) is 10.7. The maximum absolute atomic E-state index is 14.4. The van der Waals surface area contributed by atoms with Gasteiger partial charge >= 0.3 is 18.2 Å². The molecule has 1 saturated heterocycles. The number of esters is 1. The highest BCUT2D eigenvalue weighted by molar-refractivity contribution is 6.03. The van der Waals surface area contributed by atoms with Gasteiger partial charge < -0.3 is 14.5 Å². The molecule has 3 heterocycles. The molecular weight excluding hydrogens is 637 g/mol. The maximum atomic E-state index is 14.4. The molecule has 1 unspecified atom stereocenters. The van der Waals surface area contributed by atoms with Crippen LogP contribution in [0.15, 0.2) is 78.3 Å². The highest BCUT2D eigenvalue weighted by Crippen LogP contribution is 2.41. The first-order chi connectivity index (χ1) is 23.4. The first kappa shape index (κ1) is 35.1. The number of benzene rings is 2. The summed E-state index contributed by atoms with van der Waals surface area (Å²) in [7, 11) is 0. The minimum Gasteiger partial charge on any atom is -0.463 e. The number of urea groups is 1. The molecule has 49 heavy (non-hydrogen) atoms. The second-order valence-corrected chi connectivity index (χ2v) is 12.0. The Morgan fingerprint density at radius 2 is 1.71 bits per heavy atom. The molecule has 0 saturated carbocycles. The third kappa shape index (κ3) is 7.76. The molecule has 2 aromatic carbocycles. The zero-order valence-corrected chi connectivity index (χ0v) is 27.5. The molecular formula is C36H37F3N6O4. The summed E-state index contributed by atoms with van der Waals surface area (Å²) < 4.78 is 46.6. The summed E-state index contributed by atoms with van der Waals surface area (Å²) in [5.41, 5.74) is 1.68. The first-order valence-electron chi connectivity index (χ1n) is 16.0. The number of aromatic nitrogens is 1. The van der Waals surface area contributed by atoms with Crippen molar-refractivity contribution in [2.24, 2.45) is 0 Å². The van der Waals surface area contributed by atoms with E-state index in [0.29, 0.717) is 55.8 Å². The molecule has 0 spiro atoms. The Morgan fingerprint density at radius 1 is 1.00 bits per heavy atom. The van der Waals surface area contributed by atoms with Crippen LogP contribution in [0, 0.1) is 18.3 Å². The predicted octanol–water partition coefficient (Wildman–Crippen LogP) is 5.95. The number of allylic oxidation sites excluding steroid dienone is 1. The fraction of sp³-hybridized carbons (Fsp3) is 0.361. The molecule has 3 amide bonds. The molecule has 256 valence electrons. The number of piperazine rings is 1. The van der Waals surface area contributed by atoms with Gasteiger partial charge in [-0.15, -0.1) is 0 Å². The second kappa shape index (κ2) is 14.9. The number of carbonyl (C=O) groups is 3. The van der Waals surface area contributed by atoms with E-state index < -0.39 is 29.8 Å². The summed E-state index contributed by atoms with van der Waals surface area (Å²) in [6.07, 6.45) is -0.920. The van der Waals surface area contributed by atoms with Gasteiger partial charge in [0.1, 0.15) is 0 Å². The largest absolute Gasteiger partial charge is 0.463 e. The normalized spacial score (nSPS) is 17.3. The molecule has 1 fully saturated rings. The quantitative estimate of drug-likeness (QED) is 0.258. The number of pyridine rings is 1. The molecule has 0 radical (unpaired) electrons. The Morgan fingerprint density at radius 3 is 2.35 bits per heavy atom. The van der Waals surface area contributed by atoms with Crippen LogP contribution in [0.2, 0.25) is 0 Å². The molecule has 1 atom stereocenters. The lowest BCUT2D eigenvalue weighted by molar-refractivity contribution is -0.139. The van der Waals surface area contributed by atoms with Crippen LogP contribution in [0.3, 0.4) is 0 Å². The average molecular weight is 675 g/mol. The number of aryl methyl sites for hydroxylation is 1. The van der Waals surface area contributed by atoms with E-state index in [1.54, 1.807) is 48.5 Å². The number of hydrogen-bond donors (Lipinski definition) is 0. The zero-order valence-electron chi connectivity index (χ0n) is 27.5. The third-order valence-corrected chi connectivity index (χ3v) is 8.68. The third-order valence-electron chi connectivity index (χ3n) is 8.68. The van der Waals surface area contributed by atoms with Gasteiger partial charge in [0.25, 0.3) is 5.91 Å². The Balaban J connectivity index is 1.42. The van der Waals surface area contributed by atoms with Crippen LogP contribution in [0.1, 0.15) is 58.9 Å². The summed E-state index contributed by atoms with van der Waals surface area (Å²) in [5.74, 6) is -0.781. The number of alkyl halides is 3. The average Bonchev–Trinajstić information content (AvgIpc) is 3.09. The van der Waals surface area contributed by atoms with Gasteiger partial charge in [-0.1, -0.05) is 18.2 Å². The predicted molar refractivity (Wildman–Crippen MR) is 175 cm³/mol. The summed E-state index contributed by atoms with van der Waals surface area (Å²) in [6, 6.07) is 13.3. The second-order valence-electron chi connectivity index (χ2n) is 12.0. The van der Waals surface area contributed by atoms with Crippen LogP contribution in [-0.4, -0.2) is 83.5 Å². The van der Waals surface area contributed by atoms with E-state index in [-0.39, 0.29) is 36.0 Å². The van der Waals surface area contributed by atoms with Gasteiger partial charge in [0.05, 0.1) is 46.7 Å².